The molecule has 0 spiro atoms. The zero-order valence-electron chi connectivity index (χ0n) is 11.9. The van der Waals surface area contributed by atoms with Gasteiger partial charge in [-0.1, -0.05) is 12.1 Å². The molecule has 4 nitrogen and oxygen atoms in total. The van der Waals surface area contributed by atoms with Crippen LogP contribution in [0.2, 0.25) is 0 Å². The van der Waals surface area contributed by atoms with Gasteiger partial charge in [0.1, 0.15) is 5.60 Å². The van der Waals surface area contributed by atoms with E-state index >= 15 is 0 Å². The molecule has 0 heterocycles. The number of esters is 2. The van der Waals surface area contributed by atoms with Gasteiger partial charge in [-0.05, 0) is 45.4 Å². The lowest BCUT2D eigenvalue weighted by Crippen LogP contribution is -2.24. The minimum atomic E-state index is -0.484. The number of ether oxygens (including phenoxy) is 2. The molecule has 0 bridgehead atoms. The van der Waals surface area contributed by atoms with Gasteiger partial charge >= 0.3 is 11.9 Å². The molecule has 104 valence electrons. The standard InChI is InChI=1S/C15H20O4/c1-5-18-14(17)12-8-6-11(7-9-12)10-13(16)19-15(2,3)4/h6-9H,5,10H2,1-4H3. The maximum atomic E-state index is 11.6. The van der Waals surface area contributed by atoms with Crippen molar-refractivity contribution in [3.63, 3.8) is 0 Å². The maximum absolute atomic E-state index is 11.6. The fraction of sp³-hybridized carbons (Fsp3) is 0.467. The Labute approximate surface area is 113 Å². The Balaban J connectivity index is 2.62. The van der Waals surface area contributed by atoms with Gasteiger partial charge in [0.05, 0.1) is 18.6 Å². The normalized spacial score (nSPS) is 10.9. The van der Waals surface area contributed by atoms with Crippen LogP contribution in [0.15, 0.2) is 24.3 Å². The van der Waals surface area contributed by atoms with Gasteiger partial charge in [0, 0.05) is 0 Å². The maximum Gasteiger partial charge on any atom is 0.338 e. The van der Waals surface area contributed by atoms with E-state index in [1.807, 2.05) is 20.8 Å². The molecule has 0 aliphatic carbocycles. The van der Waals surface area contributed by atoms with Crippen LogP contribution in [0, 0.1) is 0 Å². The van der Waals surface area contributed by atoms with Gasteiger partial charge in [0.2, 0.25) is 0 Å². The molecule has 0 amide bonds. The average molecular weight is 264 g/mol. The predicted molar refractivity (Wildman–Crippen MR) is 71.9 cm³/mol. The third-order valence-corrected chi connectivity index (χ3v) is 2.23. The SMILES string of the molecule is CCOC(=O)c1ccc(CC(=O)OC(C)(C)C)cc1. The van der Waals surface area contributed by atoms with E-state index in [2.05, 4.69) is 0 Å². The lowest BCUT2D eigenvalue weighted by Gasteiger charge is -2.19. The van der Waals surface area contributed by atoms with Gasteiger partial charge in [-0.2, -0.15) is 0 Å². The van der Waals surface area contributed by atoms with Crippen LogP contribution < -0.4 is 0 Å². The molecule has 0 aliphatic rings. The first-order valence-electron chi connectivity index (χ1n) is 6.29. The molecular weight excluding hydrogens is 244 g/mol. The molecule has 0 atom stereocenters. The van der Waals surface area contributed by atoms with E-state index in [4.69, 9.17) is 9.47 Å². The van der Waals surface area contributed by atoms with Crippen LogP contribution in [0.5, 0.6) is 0 Å². The largest absolute Gasteiger partial charge is 0.462 e. The molecule has 0 N–H and O–H groups in total. The molecule has 1 rings (SSSR count). The van der Waals surface area contributed by atoms with Crippen molar-refractivity contribution in [2.45, 2.75) is 39.7 Å². The Morgan fingerprint density at radius 1 is 1.11 bits per heavy atom. The molecule has 0 saturated heterocycles. The highest BCUT2D eigenvalue weighted by Crippen LogP contribution is 2.11. The van der Waals surface area contributed by atoms with E-state index < -0.39 is 5.60 Å². The second-order valence-corrected chi connectivity index (χ2v) is 5.18. The number of rotatable bonds is 4. The van der Waals surface area contributed by atoms with Crippen LogP contribution >= 0.6 is 0 Å². The summed E-state index contributed by atoms with van der Waals surface area (Å²) < 4.78 is 10.1. The van der Waals surface area contributed by atoms with Gasteiger partial charge < -0.3 is 9.47 Å². The molecule has 0 aliphatic heterocycles. The summed E-state index contributed by atoms with van der Waals surface area (Å²) in [5, 5.41) is 0. The summed E-state index contributed by atoms with van der Waals surface area (Å²) in [4.78, 5) is 23.1. The third kappa shape index (κ3) is 5.55. The highest BCUT2D eigenvalue weighted by molar-refractivity contribution is 5.89. The predicted octanol–water partition coefficient (Wildman–Crippen LogP) is 2.75. The summed E-state index contributed by atoms with van der Waals surface area (Å²) in [6, 6.07) is 6.77. The summed E-state index contributed by atoms with van der Waals surface area (Å²) in [5.74, 6) is -0.636. The third-order valence-electron chi connectivity index (χ3n) is 2.23. The van der Waals surface area contributed by atoms with Gasteiger partial charge in [-0.25, -0.2) is 4.79 Å². The first-order valence-corrected chi connectivity index (χ1v) is 6.29. The van der Waals surface area contributed by atoms with Gasteiger partial charge in [0.15, 0.2) is 0 Å². The van der Waals surface area contributed by atoms with E-state index in [0.717, 1.165) is 5.56 Å². The van der Waals surface area contributed by atoms with E-state index in [1.54, 1.807) is 31.2 Å². The van der Waals surface area contributed by atoms with Crippen LogP contribution in [0.4, 0.5) is 0 Å². The molecule has 0 radical (unpaired) electrons. The minimum Gasteiger partial charge on any atom is -0.462 e. The van der Waals surface area contributed by atoms with Gasteiger partial charge in [0.25, 0.3) is 0 Å². The smallest absolute Gasteiger partial charge is 0.338 e. The summed E-state index contributed by atoms with van der Waals surface area (Å²) in [6.45, 7) is 7.59. The Morgan fingerprint density at radius 2 is 1.68 bits per heavy atom. The molecule has 0 aromatic heterocycles. The summed E-state index contributed by atoms with van der Waals surface area (Å²) in [6.07, 6.45) is 0.195. The van der Waals surface area contributed by atoms with Crippen molar-refractivity contribution in [3.8, 4) is 0 Å². The van der Waals surface area contributed by atoms with Gasteiger partial charge in [-0.3, -0.25) is 4.79 Å². The second kappa shape index (κ2) is 6.36. The van der Waals surface area contributed by atoms with Crippen molar-refractivity contribution < 1.29 is 19.1 Å². The summed E-state index contributed by atoms with van der Waals surface area (Å²) in [7, 11) is 0. The van der Waals surface area contributed by atoms with E-state index in [9.17, 15) is 9.59 Å². The number of hydrogen-bond donors (Lipinski definition) is 0. The van der Waals surface area contributed by atoms with Crippen LogP contribution in [0.3, 0.4) is 0 Å². The highest BCUT2D eigenvalue weighted by atomic mass is 16.6. The minimum absolute atomic E-state index is 0.195. The van der Waals surface area contributed by atoms with Crippen LogP contribution in [0.1, 0.15) is 43.6 Å². The van der Waals surface area contributed by atoms with Crippen LogP contribution in [0.25, 0.3) is 0 Å². The molecule has 4 heteroatoms. The molecule has 0 unspecified atom stereocenters. The van der Waals surface area contributed by atoms with Gasteiger partial charge in [-0.15, -0.1) is 0 Å². The molecule has 0 fully saturated rings. The molecular formula is C15H20O4. The van der Waals surface area contributed by atoms with E-state index in [-0.39, 0.29) is 18.4 Å². The lowest BCUT2D eigenvalue weighted by atomic mass is 10.1. The highest BCUT2D eigenvalue weighted by Gasteiger charge is 2.16. The Hall–Kier alpha value is -1.84. The fourth-order valence-electron chi connectivity index (χ4n) is 1.52. The van der Waals surface area contributed by atoms with Crippen molar-refractivity contribution in [3.05, 3.63) is 35.4 Å². The van der Waals surface area contributed by atoms with Crippen molar-refractivity contribution in [1.82, 2.24) is 0 Å². The Bertz CT molecular complexity index is 440. The van der Waals surface area contributed by atoms with Crippen molar-refractivity contribution in [1.29, 1.82) is 0 Å². The quantitative estimate of drug-likeness (QED) is 0.785. The van der Waals surface area contributed by atoms with Crippen LogP contribution in [-0.2, 0) is 20.7 Å². The first kappa shape index (κ1) is 15.2. The van der Waals surface area contributed by atoms with Crippen molar-refractivity contribution in [2.75, 3.05) is 6.61 Å². The topological polar surface area (TPSA) is 52.6 Å². The number of carbonyl (C=O) groups is 2. The number of hydrogen-bond acceptors (Lipinski definition) is 4. The number of carbonyl (C=O) groups excluding carboxylic acids is 2. The molecule has 19 heavy (non-hydrogen) atoms. The molecule has 0 saturated carbocycles. The summed E-state index contributed by atoms with van der Waals surface area (Å²) >= 11 is 0. The second-order valence-electron chi connectivity index (χ2n) is 5.18. The van der Waals surface area contributed by atoms with Crippen LogP contribution in [-0.4, -0.2) is 24.1 Å². The van der Waals surface area contributed by atoms with Crippen molar-refractivity contribution in [2.24, 2.45) is 0 Å². The number of benzene rings is 1. The Kier molecular flexibility index (Phi) is 5.10. The van der Waals surface area contributed by atoms with E-state index in [0.29, 0.717) is 12.2 Å². The fourth-order valence-corrected chi connectivity index (χ4v) is 1.52. The zero-order valence-corrected chi connectivity index (χ0v) is 11.9. The van der Waals surface area contributed by atoms with E-state index in [1.165, 1.54) is 0 Å². The molecule has 1 aromatic carbocycles. The monoisotopic (exact) mass is 264 g/mol. The zero-order chi connectivity index (χ0) is 14.5. The lowest BCUT2D eigenvalue weighted by molar-refractivity contribution is -0.153. The Morgan fingerprint density at radius 3 is 2.16 bits per heavy atom. The summed E-state index contributed by atoms with van der Waals surface area (Å²) in [5.41, 5.74) is 0.805. The average Bonchev–Trinajstić information content (AvgIpc) is 2.27. The first-order chi connectivity index (χ1) is 8.81. The molecule has 1 aromatic rings. The van der Waals surface area contributed by atoms with Crippen molar-refractivity contribution >= 4 is 11.9 Å².